The molecule has 0 heterocycles. The number of hydrogen-bond acceptors (Lipinski definition) is 4. The summed E-state index contributed by atoms with van der Waals surface area (Å²) in [6, 6.07) is 0.497. The van der Waals surface area contributed by atoms with Crippen molar-refractivity contribution in [2.45, 2.75) is 57.6 Å². The van der Waals surface area contributed by atoms with Crippen LogP contribution in [0.15, 0.2) is 4.99 Å². The zero-order valence-corrected chi connectivity index (χ0v) is 19.4. The maximum atomic E-state index is 6.00. The molecule has 0 aliphatic heterocycles. The van der Waals surface area contributed by atoms with Crippen LogP contribution in [0.4, 0.5) is 0 Å². The molecule has 154 valence electrons. The van der Waals surface area contributed by atoms with E-state index in [1.165, 1.54) is 25.7 Å². The number of nitrogens with zero attached hydrogens (tertiary/aromatic N) is 2. The van der Waals surface area contributed by atoms with Gasteiger partial charge in [-0.15, -0.1) is 24.0 Å². The average Bonchev–Trinajstić information content (AvgIpc) is 3.12. The summed E-state index contributed by atoms with van der Waals surface area (Å²) >= 11 is 0. The number of aliphatic imine (C=N–C) groups is 1. The van der Waals surface area contributed by atoms with Crippen molar-refractivity contribution in [2.75, 3.05) is 54.1 Å². The topological polar surface area (TPSA) is 58.1 Å². The summed E-state index contributed by atoms with van der Waals surface area (Å²) in [6.45, 7) is 6.71. The summed E-state index contributed by atoms with van der Waals surface area (Å²) in [5, 5.41) is 7.14. The van der Waals surface area contributed by atoms with E-state index < -0.39 is 0 Å². The second kappa shape index (κ2) is 12.4. The highest BCUT2D eigenvalue weighted by molar-refractivity contribution is 14.0. The molecule has 6 nitrogen and oxygen atoms in total. The highest BCUT2D eigenvalue weighted by atomic mass is 127. The molecule has 2 unspecified atom stereocenters. The van der Waals surface area contributed by atoms with Crippen molar-refractivity contribution in [1.29, 1.82) is 0 Å². The summed E-state index contributed by atoms with van der Waals surface area (Å²) in [6.07, 6.45) is 7.85. The Morgan fingerprint density at radius 2 is 2.00 bits per heavy atom. The van der Waals surface area contributed by atoms with E-state index in [2.05, 4.69) is 34.5 Å². The molecule has 2 aliphatic carbocycles. The molecular weight excluding hydrogens is 443 g/mol. The summed E-state index contributed by atoms with van der Waals surface area (Å²) < 4.78 is 11.1. The van der Waals surface area contributed by atoms with Crippen molar-refractivity contribution in [3.05, 3.63) is 0 Å². The van der Waals surface area contributed by atoms with E-state index in [4.69, 9.17) is 9.47 Å². The molecule has 0 aromatic carbocycles. The van der Waals surface area contributed by atoms with Gasteiger partial charge in [0, 0.05) is 58.5 Å². The van der Waals surface area contributed by atoms with Crippen LogP contribution in [-0.4, -0.2) is 77.1 Å². The Morgan fingerprint density at radius 3 is 2.62 bits per heavy atom. The zero-order chi connectivity index (χ0) is 18.1. The summed E-state index contributed by atoms with van der Waals surface area (Å²) in [7, 11) is 5.77. The number of nitrogens with one attached hydrogen (secondary N) is 2. The van der Waals surface area contributed by atoms with Crippen molar-refractivity contribution in [2.24, 2.45) is 10.4 Å². The van der Waals surface area contributed by atoms with E-state index in [1.54, 1.807) is 7.11 Å². The van der Waals surface area contributed by atoms with Crippen molar-refractivity contribution in [1.82, 2.24) is 15.5 Å². The molecule has 0 aromatic heterocycles. The lowest BCUT2D eigenvalue weighted by molar-refractivity contribution is -0.125. The fourth-order valence-corrected chi connectivity index (χ4v) is 4.40. The van der Waals surface area contributed by atoms with Crippen LogP contribution in [0.3, 0.4) is 0 Å². The molecule has 0 amide bonds. The van der Waals surface area contributed by atoms with Gasteiger partial charge in [-0.1, -0.05) is 12.8 Å². The van der Waals surface area contributed by atoms with Gasteiger partial charge in [0.05, 0.1) is 6.10 Å². The Balaban J connectivity index is 0.00000338. The molecule has 0 aromatic rings. The number of rotatable bonds is 10. The van der Waals surface area contributed by atoms with E-state index in [9.17, 15) is 0 Å². The van der Waals surface area contributed by atoms with Gasteiger partial charge in [0.1, 0.15) is 0 Å². The predicted molar refractivity (Wildman–Crippen MR) is 119 cm³/mol. The first-order valence-corrected chi connectivity index (χ1v) is 9.92. The first-order valence-electron chi connectivity index (χ1n) is 9.92. The second-order valence-electron chi connectivity index (χ2n) is 7.47. The van der Waals surface area contributed by atoms with Crippen LogP contribution in [0, 0.1) is 5.41 Å². The summed E-state index contributed by atoms with van der Waals surface area (Å²) in [4.78, 5) is 6.75. The maximum absolute atomic E-state index is 6.00. The van der Waals surface area contributed by atoms with Gasteiger partial charge in [0.2, 0.25) is 0 Å². The number of methoxy groups -OCH3 is 1. The molecule has 2 fully saturated rings. The minimum Gasteiger partial charge on any atom is -0.385 e. The lowest BCUT2D eigenvalue weighted by Gasteiger charge is -2.54. The van der Waals surface area contributed by atoms with Gasteiger partial charge < -0.3 is 25.0 Å². The van der Waals surface area contributed by atoms with Crippen LogP contribution in [0.2, 0.25) is 0 Å². The number of ether oxygens (including phenoxy) is 2. The molecule has 2 atom stereocenters. The van der Waals surface area contributed by atoms with E-state index in [0.29, 0.717) is 17.6 Å². The Labute approximate surface area is 176 Å². The van der Waals surface area contributed by atoms with Gasteiger partial charge in [-0.25, -0.2) is 0 Å². The molecular formula is C19H39IN4O2. The number of likely N-dealkylation sites (N-methyl/N-ethyl adjacent to an activating group) is 1. The van der Waals surface area contributed by atoms with Gasteiger partial charge in [-0.3, -0.25) is 4.99 Å². The molecule has 1 spiro atoms. The molecule has 2 saturated carbocycles. The third-order valence-electron chi connectivity index (χ3n) is 5.90. The van der Waals surface area contributed by atoms with Crippen molar-refractivity contribution in [3.63, 3.8) is 0 Å². The third-order valence-corrected chi connectivity index (χ3v) is 5.90. The Kier molecular flexibility index (Phi) is 11.4. The van der Waals surface area contributed by atoms with Gasteiger partial charge in [-0.05, 0) is 39.7 Å². The molecule has 2 aliphatic rings. The Morgan fingerprint density at radius 1 is 1.27 bits per heavy atom. The van der Waals surface area contributed by atoms with Gasteiger partial charge in [-0.2, -0.15) is 0 Å². The highest BCUT2D eigenvalue weighted by Gasteiger charge is 2.56. The fraction of sp³-hybridized carbons (Fsp3) is 0.947. The van der Waals surface area contributed by atoms with Crippen LogP contribution in [-0.2, 0) is 9.47 Å². The molecule has 7 heteroatoms. The van der Waals surface area contributed by atoms with E-state index in [0.717, 1.165) is 51.6 Å². The van der Waals surface area contributed by atoms with E-state index >= 15 is 0 Å². The molecule has 0 radical (unpaired) electrons. The highest BCUT2D eigenvalue weighted by Crippen LogP contribution is 2.54. The standard InChI is InChI=1S/C19H38N4O2.HI/c1-5-25-17-15-16(19(17)9-6-7-10-19)22-18(20-2)21-11-13-23(3)12-8-14-24-4;/h16-17H,5-15H2,1-4H3,(H2,20,21,22);1H. The Hall–Kier alpha value is -0.120. The maximum Gasteiger partial charge on any atom is 0.191 e. The minimum atomic E-state index is 0. The summed E-state index contributed by atoms with van der Waals surface area (Å²) in [5.41, 5.74) is 0.338. The van der Waals surface area contributed by atoms with E-state index in [1.807, 2.05) is 7.05 Å². The molecule has 0 bridgehead atoms. The van der Waals surface area contributed by atoms with Crippen LogP contribution in [0.1, 0.15) is 45.4 Å². The van der Waals surface area contributed by atoms with Gasteiger partial charge >= 0.3 is 0 Å². The molecule has 26 heavy (non-hydrogen) atoms. The normalized spacial score (nSPS) is 24.4. The lowest BCUT2D eigenvalue weighted by Crippen LogP contribution is -2.65. The first-order chi connectivity index (χ1) is 12.2. The monoisotopic (exact) mass is 482 g/mol. The van der Waals surface area contributed by atoms with E-state index in [-0.39, 0.29) is 24.0 Å². The quantitative estimate of drug-likeness (QED) is 0.217. The number of hydrogen-bond donors (Lipinski definition) is 2. The van der Waals surface area contributed by atoms with Crippen molar-refractivity contribution < 1.29 is 9.47 Å². The smallest absolute Gasteiger partial charge is 0.191 e. The van der Waals surface area contributed by atoms with Crippen LogP contribution >= 0.6 is 24.0 Å². The largest absolute Gasteiger partial charge is 0.385 e. The first kappa shape index (κ1) is 23.9. The zero-order valence-electron chi connectivity index (χ0n) is 17.1. The lowest BCUT2D eigenvalue weighted by atomic mass is 9.60. The van der Waals surface area contributed by atoms with Crippen molar-refractivity contribution >= 4 is 29.9 Å². The predicted octanol–water partition coefficient (Wildman–Crippen LogP) is 2.48. The van der Waals surface area contributed by atoms with Crippen molar-refractivity contribution in [3.8, 4) is 0 Å². The number of guanidine groups is 1. The summed E-state index contributed by atoms with van der Waals surface area (Å²) in [5.74, 6) is 0.927. The number of halogens is 1. The van der Waals surface area contributed by atoms with Crippen LogP contribution < -0.4 is 10.6 Å². The average molecular weight is 482 g/mol. The minimum absolute atomic E-state index is 0. The van der Waals surface area contributed by atoms with Gasteiger partial charge in [0.15, 0.2) is 5.96 Å². The third kappa shape index (κ3) is 6.21. The van der Waals surface area contributed by atoms with Gasteiger partial charge in [0.25, 0.3) is 0 Å². The molecule has 2 N–H and O–H groups in total. The van der Waals surface area contributed by atoms with Crippen LogP contribution in [0.25, 0.3) is 0 Å². The van der Waals surface area contributed by atoms with Crippen LogP contribution in [0.5, 0.6) is 0 Å². The SMILES string of the molecule is CCOC1CC(NC(=NC)NCCN(C)CCCOC)C12CCCC2.I. The second-order valence-corrected chi connectivity index (χ2v) is 7.47. The molecule has 0 saturated heterocycles. The molecule has 2 rings (SSSR count). The Bertz CT molecular complexity index is 416. The fourth-order valence-electron chi connectivity index (χ4n) is 4.40.